The number of rotatable bonds is 4. The van der Waals surface area contributed by atoms with Crippen LogP contribution in [0, 0.1) is 5.92 Å². The second-order valence-electron chi connectivity index (χ2n) is 6.44. The van der Waals surface area contributed by atoms with Gasteiger partial charge in [-0.2, -0.15) is 0 Å². The van der Waals surface area contributed by atoms with Gasteiger partial charge in [0.2, 0.25) is 11.8 Å². The zero-order chi connectivity index (χ0) is 13.9. The van der Waals surface area contributed by atoms with Gasteiger partial charge in [0.05, 0.1) is 0 Å². The van der Waals surface area contributed by atoms with Crippen molar-refractivity contribution in [2.24, 2.45) is 5.92 Å². The van der Waals surface area contributed by atoms with Gasteiger partial charge >= 0.3 is 0 Å². The highest BCUT2D eigenvalue weighted by Crippen LogP contribution is 2.29. The number of likely N-dealkylation sites (tertiary alicyclic amines) is 1. The third-order valence-electron chi connectivity index (χ3n) is 4.73. The number of carbonyl (C=O) groups excluding carboxylic acids is 2. The third kappa shape index (κ3) is 3.51. The van der Waals surface area contributed by atoms with Crippen LogP contribution in [0.3, 0.4) is 0 Å². The Kier molecular flexibility index (Phi) is 4.24. The molecule has 5 heteroatoms. The van der Waals surface area contributed by atoms with E-state index >= 15 is 0 Å². The molecule has 1 atom stereocenters. The molecule has 0 spiro atoms. The van der Waals surface area contributed by atoms with Crippen molar-refractivity contribution < 1.29 is 9.59 Å². The predicted octanol–water partition coefficient (Wildman–Crippen LogP) is 0.646. The van der Waals surface area contributed by atoms with Gasteiger partial charge in [0.25, 0.3) is 0 Å². The summed E-state index contributed by atoms with van der Waals surface area (Å²) in [5, 5.41) is 6.50. The van der Waals surface area contributed by atoms with Crippen molar-refractivity contribution in [3.8, 4) is 0 Å². The van der Waals surface area contributed by atoms with Gasteiger partial charge in [-0.05, 0) is 45.1 Å². The van der Waals surface area contributed by atoms with Crippen LogP contribution in [0.15, 0.2) is 0 Å². The van der Waals surface area contributed by atoms with Gasteiger partial charge in [-0.25, -0.2) is 0 Å². The molecule has 20 heavy (non-hydrogen) atoms. The Morgan fingerprint density at radius 2 is 1.85 bits per heavy atom. The summed E-state index contributed by atoms with van der Waals surface area (Å²) in [4.78, 5) is 25.9. The van der Waals surface area contributed by atoms with E-state index in [1.807, 2.05) is 4.90 Å². The third-order valence-corrected chi connectivity index (χ3v) is 4.73. The largest absolute Gasteiger partial charge is 0.353 e. The van der Waals surface area contributed by atoms with Gasteiger partial charge < -0.3 is 15.5 Å². The highest BCUT2D eigenvalue weighted by atomic mass is 16.2. The number of amides is 2. The molecule has 1 aliphatic carbocycles. The van der Waals surface area contributed by atoms with Gasteiger partial charge in [-0.15, -0.1) is 0 Å². The summed E-state index contributed by atoms with van der Waals surface area (Å²) in [5.41, 5.74) is 0. The SMILES string of the molecule is O=C(NC1CCN(C(=O)CC2CCCN2)CC1)C1CC1. The smallest absolute Gasteiger partial charge is 0.224 e. The van der Waals surface area contributed by atoms with Crippen molar-refractivity contribution >= 4 is 11.8 Å². The number of piperidine rings is 1. The minimum atomic E-state index is 0.227. The minimum absolute atomic E-state index is 0.227. The topological polar surface area (TPSA) is 61.4 Å². The van der Waals surface area contributed by atoms with Crippen LogP contribution in [-0.2, 0) is 9.59 Å². The highest BCUT2D eigenvalue weighted by Gasteiger charge is 2.32. The Morgan fingerprint density at radius 1 is 1.10 bits per heavy atom. The first-order valence-corrected chi connectivity index (χ1v) is 8.04. The quantitative estimate of drug-likeness (QED) is 0.794. The fourth-order valence-corrected chi connectivity index (χ4v) is 3.21. The molecule has 2 N–H and O–H groups in total. The summed E-state index contributed by atoms with van der Waals surface area (Å²) in [6.07, 6.45) is 6.87. The van der Waals surface area contributed by atoms with Gasteiger partial charge in [0.15, 0.2) is 0 Å². The number of hydrogen-bond acceptors (Lipinski definition) is 3. The fraction of sp³-hybridized carbons (Fsp3) is 0.867. The average Bonchev–Trinajstić information content (AvgIpc) is 3.19. The van der Waals surface area contributed by atoms with Crippen molar-refractivity contribution in [3.63, 3.8) is 0 Å². The molecule has 0 aromatic heterocycles. The monoisotopic (exact) mass is 279 g/mol. The van der Waals surface area contributed by atoms with Gasteiger partial charge in [0.1, 0.15) is 0 Å². The van der Waals surface area contributed by atoms with Crippen molar-refractivity contribution in [2.45, 2.75) is 57.0 Å². The number of nitrogens with zero attached hydrogens (tertiary/aromatic N) is 1. The summed E-state index contributed by atoms with van der Waals surface area (Å²) in [6, 6.07) is 0.659. The average molecular weight is 279 g/mol. The number of hydrogen-bond donors (Lipinski definition) is 2. The van der Waals surface area contributed by atoms with E-state index < -0.39 is 0 Å². The van der Waals surface area contributed by atoms with Gasteiger partial charge in [-0.1, -0.05) is 0 Å². The van der Waals surface area contributed by atoms with E-state index in [2.05, 4.69) is 10.6 Å². The van der Waals surface area contributed by atoms with E-state index in [0.29, 0.717) is 12.5 Å². The van der Waals surface area contributed by atoms with Crippen LogP contribution in [0.5, 0.6) is 0 Å². The Hall–Kier alpha value is -1.10. The summed E-state index contributed by atoms with van der Waals surface area (Å²) >= 11 is 0. The van der Waals surface area contributed by atoms with Crippen LogP contribution in [-0.4, -0.2) is 48.4 Å². The first kappa shape index (κ1) is 13.9. The molecule has 5 nitrogen and oxygen atoms in total. The summed E-state index contributed by atoms with van der Waals surface area (Å²) in [5.74, 6) is 0.782. The summed E-state index contributed by atoms with van der Waals surface area (Å²) < 4.78 is 0. The summed E-state index contributed by atoms with van der Waals surface area (Å²) in [6.45, 7) is 2.63. The van der Waals surface area contributed by atoms with E-state index in [9.17, 15) is 9.59 Å². The van der Waals surface area contributed by atoms with Crippen LogP contribution in [0.4, 0.5) is 0 Å². The molecule has 0 radical (unpaired) electrons. The Morgan fingerprint density at radius 3 is 2.45 bits per heavy atom. The van der Waals surface area contributed by atoms with Gasteiger partial charge in [-0.3, -0.25) is 9.59 Å². The zero-order valence-corrected chi connectivity index (χ0v) is 12.1. The van der Waals surface area contributed by atoms with Crippen molar-refractivity contribution in [1.29, 1.82) is 0 Å². The van der Waals surface area contributed by atoms with Crippen LogP contribution >= 0.6 is 0 Å². The van der Waals surface area contributed by atoms with Crippen LogP contribution in [0.1, 0.15) is 44.9 Å². The van der Waals surface area contributed by atoms with Crippen molar-refractivity contribution in [3.05, 3.63) is 0 Å². The molecule has 0 bridgehead atoms. The Labute approximate surface area is 120 Å². The molecule has 2 amide bonds. The lowest BCUT2D eigenvalue weighted by Crippen LogP contribution is -2.47. The molecule has 0 aromatic carbocycles. The molecule has 3 aliphatic rings. The lowest BCUT2D eigenvalue weighted by Gasteiger charge is -2.33. The number of nitrogens with one attached hydrogen (secondary N) is 2. The standard InChI is InChI=1S/C15H25N3O2/c19-14(10-13-2-1-7-16-13)18-8-5-12(6-9-18)17-15(20)11-3-4-11/h11-13,16H,1-10H2,(H,17,20). The molecule has 0 aromatic rings. The minimum Gasteiger partial charge on any atom is -0.353 e. The van der Waals surface area contributed by atoms with Crippen LogP contribution in [0.2, 0.25) is 0 Å². The highest BCUT2D eigenvalue weighted by molar-refractivity contribution is 5.81. The van der Waals surface area contributed by atoms with E-state index in [4.69, 9.17) is 0 Å². The van der Waals surface area contributed by atoms with E-state index in [-0.39, 0.29) is 23.8 Å². The maximum atomic E-state index is 12.2. The first-order chi connectivity index (χ1) is 9.72. The van der Waals surface area contributed by atoms with E-state index in [1.165, 1.54) is 6.42 Å². The first-order valence-electron chi connectivity index (χ1n) is 8.04. The van der Waals surface area contributed by atoms with E-state index in [1.54, 1.807) is 0 Å². The molecule has 3 rings (SSSR count). The normalized spacial score (nSPS) is 27.6. The lowest BCUT2D eigenvalue weighted by molar-refractivity contribution is -0.132. The van der Waals surface area contributed by atoms with Crippen LogP contribution in [0.25, 0.3) is 0 Å². The molecular weight excluding hydrogens is 254 g/mol. The molecule has 2 aliphatic heterocycles. The number of carbonyl (C=O) groups is 2. The molecular formula is C15H25N3O2. The molecule has 3 fully saturated rings. The Balaban J connectivity index is 1.38. The maximum Gasteiger partial charge on any atom is 0.224 e. The lowest BCUT2D eigenvalue weighted by atomic mass is 10.0. The predicted molar refractivity (Wildman–Crippen MR) is 76.1 cm³/mol. The molecule has 2 heterocycles. The van der Waals surface area contributed by atoms with E-state index in [0.717, 1.165) is 51.7 Å². The molecule has 112 valence electrons. The van der Waals surface area contributed by atoms with Crippen LogP contribution < -0.4 is 10.6 Å². The maximum absolute atomic E-state index is 12.2. The molecule has 1 saturated carbocycles. The van der Waals surface area contributed by atoms with Crippen molar-refractivity contribution in [2.75, 3.05) is 19.6 Å². The Bertz CT molecular complexity index is 367. The van der Waals surface area contributed by atoms with Crippen molar-refractivity contribution in [1.82, 2.24) is 15.5 Å². The second-order valence-corrected chi connectivity index (χ2v) is 6.44. The molecule has 1 unspecified atom stereocenters. The zero-order valence-electron chi connectivity index (χ0n) is 12.1. The second kappa shape index (κ2) is 6.12. The summed E-state index contributed by atoms with van der Waals surface area (Å²) in [7, 11) is 0. The molecule has 2 saturated heterocycles. The van der Waals surface area contributed by atoms with Gasteiger partial charge in [0, 0.05) is 37.5 Å². The fourth-order valence-electron chi connectivity index (χ4n) is 3.21.